The first-order chi connectivity index (χ1) is 13.2. The maximum Gasteiger partial charge on any atom is 0.339 e. The maximum atomic E-state index is 12.4. The third kappa shape index (κ3) is 4.06. The second-order valence-electron chi connectivity index (χ2n) is 6.36. The molecular formula is C21H18N2O4. The quantitative estimate of drug-likeness (QED) is 0.679. The Hall–Kier alpha value is -3.41. The van der Waals surface area contributed by atoms with E-state index in [1.165, 1.54) is 0 Å². The highest BCUT2D eigenvalue weighted by Gasteiger charge is 2.24. The topological polar surface area (TPSA) is 81.4 Å². The molecule has 6 heteroatoms. The highest BCUT2D eigenvalue weighted by Crippen LogP contribution is 2.28. The average molecular weight is 362 g/mol. The molecule has 1 aliphatic rings. The van der Waals surface area contributed by atoms with E-state index >= 15 is 0 Å². The Morgan fingerprint density at radius 2 is 1.81 bits per heavy atom. The van der Waals surface area contributed by atoms with Crippen LogP contribution in [-0.2, 0) is 9.53 Å². The summed E-state index contributed by atoms with van der Waals surface area (Å²) in [6.45, 7) is -0.301. The van der Waals surface area contributed by atoms with Crippen LogP contribution in [0, 0.1) is 0 Å². The Kier molecular flexibility index (Phi) is 4.70. The van der Waals surface area contributed by atoms with Crippen molar-refractivity contribution < 1.29 is 18.7 Å². The fraction of sp³-hybridized carbons (Fsp3) is 0.190. The fourth-order valence-corrected chi connectivity index (χ4v) is 2.69. The van der Waals surface area contributed by atoms with Crippen molar-refractivity contribution in [3.05, 3.63) is 66.4 Å². The molecule has 1 fully saturated rings. The van der Waals surface area contributed by atoms with Crippen LogP contribution < -0.4 is 5.32 Å². The van der Waals surface area contributed by atoms with Crippen LogP contribution in [0.3, 0.4) is 0 Å². The first kappa shape index (κ1) is 17.0. The number of carbonyl (C=O) groups excluding carboxylic acids is 2. The molecule has 0 radical (unpaired) electrons. The fourth-order valence-electron chi connectivity index (χ4n) is 2.69. The summed E-state index contributed by atoms with van der Waals surface area (Å²) in [4.78, 5) is 28.5. The molecule has 2 aromatic carbocycles. The van der Waals surface area contributed by atoms with Gasteiger partial charge in [0.1, 0.15) is 0 Å². The van der Waals surface area contributed by atoms with E-state index < -0.39 is 5.97 Å². The third-order valence-electron chi connectivity index (χ3n) is 4.22. The summed E-state index contributed by atoms with van der Waals surface area (Å²) in [6.07, 6.45) is 3.59. The lowest BCUT2D eigenvalue weighted by Crippen LogP contribution is -2.30. The molecule has 1 aromatic heterocycles. The molecule has 1 N–H and O–H groups in total. The average Bonchev–Trinajstić information content (AvgIpc) is 3.38. The summed E-state index contributed by atoms with van der Waals surface area (Å²) in [6, 6.07) is 16.7. The van der Waals surface area contributed by atoms with Gasteiger partial charge >= 0.3 is 5.97 Å². The molecule has 1 saturated carbocycles. The van der Waals surface area contributed by atoms with E-state index in [4.69, 9.17) is 9.15 Å². The van der Waals surface area contributed by atoms with Gasteiger partial charge in [-0.1, -0.05) is 42.5 Å². The van der Waals surface area contributed by atoms with E-state index in [1.54, 1.807) is 30.5 Å². The number of rotatable bonds is 6. The molecule has 0 aliphatic heterocycles. The lowest BCUT2D eigenvalue weighted by molar-refractivity contribution is -0.124. The predicted molar refractivity (Wildman–Crippen MR) is 98.8 cm³/mol. The zero-order valence-corrected chi connectivity index (χ0v) is 14.6. The molecule has 1 heterocycles. The number of nitrogens with zero attached hydrogens (tertiary/aromatic N) is 1. The van der Waals surface area contributed by atoms with Crippen LogP contribution in [-0.4, -0.2) is 29.5 Å². The van der Waals surface area contributed by atoms with Gasteiger partial charge in [-0.05, 0) is 25.0 Å². The standard InChI is InChI=1S/C21H18N2O4/c24-19(23-15-10-11-15)13-26-21(25)17-9-5-4-8-16(17)20-22-12-18(27-20)14-6-2-1-3-7-14/h1-9,12,15H,10-11,13H2,(H,23,24). The normalized spacial score (nSPS) is 13.2. The highest BCUT2D eigenvalue weighted by molar-refractivity contribution is 5.97. The SMILES string of the molecule is O=C(COC(=O)c1ccccc1-c1ncc(-c2ccccc2)o1)NC1CC1. The number of benzene rings is 2. The number of nitrogens with one attached hydrogen (secondary N) is 1. The molecule has 3 aromatic rings. The van der Waals surface area contributed by atoms with Gasteiger partial charge in [-0.15, -0.1) is 0 Å². The largest absolute Gasteiger partial charge is 0.452 e. The summed E-state index contributed by atoms with van der Waals surface area (Å²) >= 11 is 0. The van der Waals surface area contributed by atoms with Gasteiger partial charge in [0, 0.05) is 11.6 Å². The van der Waals surface area contributed by atoms with Crippen LogP contribution in [0.25, 0.3) is 22.8 Å². The first-order valence-corrected chi connectivity index (χ1v) is 8.78. The molecule has 0 bridgehead atoms. The molecule has 0 spiro atoms. The van der Waals surface area contributed by atoms with Crippen molar-refractivity contribution in [1.29, 1.82) is 0 Å². The molecule has 1 aliphatic carbocycles. The van der Waals surface area contributed by atoms with Crippen molar-refractivity contribution in [2.24, 2.45) is 0 Å². The summed E-state index contributed by atoms with van der Waals surface area (Å²) in [7, 11) is 0. The lowest BCUT2D eigenvalue weighted by atomic mass is 10.1. The van der Waals surface area contributed by atoms with E-state index in [9.17, 15) is 9.59 Å². The number of aromatic nitrogens is 1. The van der Waals surface area contributed by atoms with Gasteiger partial charge in [0.25, 0.3) is 5.91 Å². The highest BCUT2D eigenvalue weighted by atomic mass is 16.5. The molecule has 6 nitrogen and oxygen atoms in total. The molecule has 4 rings (SSSR count). The monoisotopic (exact) mass is 362 g/mol. The van der Waals surface area contributed by atoms with Gasteiger partial charge in [0.2, 0.25) is 5.89 Å². The van der Waals surface area contributed by atoms with Crippen molar-refractivity contribution in [2.45, 2.75) is 18.9 Å². The first-order valence-electron chi connectivity index (χ1n) is 8.78. The van der Waals surface area contributed by atoms with Crippen molar-refractivity contribution in [1.82, 2.24) is 10.3 Å². The van der Waals surface area contributed by atoms with Gasteiger partial charge in [0.05, 0.1) is 17.3 Å². The molecule has 27 heavy (non-hydrogen) atoms. The molecular weight excluding hydrogens is 344 g/mol. The Balaban J connectivity index is 1.51. The number of hydrogen-bond acceptors (Lipinski definition) is 5. The van der Waals surface area contributed by atoms with Gasteiger partial charge < -0.3 is 14.5 Å². The third-order valence-corrected chi connectivity index (χ3v) is 4.22. The lowest BCUT2D eigenvalue weighted by Gasteiger charge is -2.08. The van der Waals surface area contributed by atoms with Gasteiger partial charge in [0.15, 0.2) is 12.4 Å². The van der Waals surface area contributed by atoms with Gasteiger partial charge in [-0.2, -0.15) is 0 Å². The minimum Gasteiger partial charge on any atom is -0.452 e. The zero-order chi connectivity index (χ0) is 18.6. The van der Waals surface area contributed by atoms with E-state index in [2.05, 4.69) is 10.3 Å². The summed E-state index contributed by atoms with van der Waals surface area (Å²) in [5.41, 5.74) is 1.72. The number of esters is 1. The minimum absolute atomic E-state index is 0.229. The van der Waals surface area contributed by atoms with Crippen LogP contribution >= 0.6 is 0 Å². The second-order valence-corrected chi connectivity index (χ2v) is 6.36. The summed E-state index contributed by atoms with van der Waals surface area (Å²) in [5, 5.41) is 2.78. The Labute approximate surface area is 156 Å². The Morgan fingerprint density at radius 3 is 2.59 bits per heavy atom. The number of ether oxygens (including phenoxy) is 1. The molecule has 1 amide bonds. The maximum absolute atomic E-state index is 12.4. The molecule has 0 atom stereocenters. The van der Waals surface area contributed by atoms with Crippen molar-refractivity contribution in [3.8, 4) is 22.8 Å². The van der Waals surface area contributed by atoms with Crippen LogP contribution in [0.5, 0.6) is 0 Å². The van der Waals surface area contributed by atoms with Crippen molar-refractivity contribution in [3.63, 3.8) is 0 Å². The van der Waals surface area contributed by atoms with Crippen molar-refractivity contribution in [2.75, 3.05) is 6.61 Å². The van der Waals surface area contributed by atoms with Gasteiger partial charge in [-0.25, -0.2) is 9.78 Å². The Morgan fingerprint density at radius 1 is 1.07 bits per heavy atom. The van der Waals surface area contributed by atoms with Crippen LogP contribution in [0.2, 0.25) is 0 Å². The number of hydrogen-bond donors (Lipinski definition) is 1. The van der Waals surface area contributed by atoms with E-state index in [0.29, 0.717) is 22.8 Å². The van der Waals surface area contributed by atoms with E-state index in [0.717, 1.165) is 18.4 Å². The van der Waals surface area contributed by atoms with Gasteiger partial charge in [-0.3, -0.25) is 4.79 Å². The summed E-state index contributed by atoms with van der Waals surface area (Å²) < 4.78 is 11.0. The number of amides is 1. The van der Waals surface area contributed by atoms with E-state index in [-0.39, 0.29) is 18.6 Å². The molecule has 0 saturated heterocycles. The zero-order valence-electron chi connectivity index (χ0n) is 14.6. The predicted octanol–water partition coefficient (Wildman–Crippen LogP) is 3.44. The molecule has 0 unspecified atom stereocenters. The van der Waals surface area contributed by atoms with Crippen molar-refractivity contribution >= 4 is 11.9 Å². The Bertz CT molecular complexity index is 961. The molecule has 136 valence electrons. The van der Waals surface area contributed by atoms with Crippen LogP contribution in [0.15, 0.2) is 65.2 Å². The minimum atomic E-state index is -0.587. The van der Waals surface area contributed by atoms with Crippen LogP contribution in [0.4, 0.5) is 0 Å². The van der Waals surface area contributed by atoms with E-state index in [1.807, 2.05) is 30.3 Å². The summed E-state index contributed by atoms with van der Waals surface area (Å²) in [5.74, 6) is 0.0586. The van der Waals surface area contributed by atoms with Crippen LogP contribution in [0.1, 0.15) is 23.2 Å². The smallest absolute Gasteiger partial charge is 0.339 e. The number of oxazole rings is 1. The number of carbonyl (C=O) groups is 2. The second kappa shape index (κ2) is 7.45.